The monoisotopic (exact) mass is 370 g/mol. The maximum atomic E-state index is 12.5. The van der Waals surface area contributed by atoms with Crippen LogP contribution in [0.3, 0.4) is 0 Å². The fourth-order valence-electron chi connectivity index (χ4n) is 2.33. The van der Waals surface area contributed by atoms with Crippen LogP contribution < -0.4 is 15.8 Å². The van der Waals surface area contributed by atoms with Gasteiger partial charge in [-0.3, -0.25) is 4.79 Å². The molecule has 1 amide bonds. The van der Waals surface area contributed by atoms with E-state index in [1.807, 2.05) is 13.0 Å². The molecule has 0 aromatic heterocycles. The number of halogens is 3. The first-order valence-corrected chi connectivity index (χ1v) is 7.47. The molecular formula is C18H21ClF2N2O2. The van der Waals surface area contributed by atoms with Crippen molar-refractivity contribution in [3.8, 4) is 5.75 Å². The molecule has 7 heteroatoms. The molecule has 0 saturated heterocycles. The Morgan fingerprint density at radius 2 is 1.88 bits per heavy atom. The van der Waals surface area contributed by atoms with Crippen LogP contribution in [0.15, 0.2) is 48.5 Å². The Morgan fingerprint density at radius 1 is 1.24 bits per heavy atom. The number of hydrogen-bond acceptors (Lipinski definition) is 3. The number of aryl methyl sites for hydroxylation is 1. The fraction of sp³-hybridized carbons (Fsp3) is 0.278. The van der Waals surface area contributed by atoms with Crippen LogP contribution in [0.1, 0.15) is 23.6 Å². The number of carbonyl (C=O) groups is 1. The van der Waals surface area contributed by atoms with Gasteiger partial charge in [0.1, 0.15) is 11.3 Å². The van der Waals surface area contributed by atoms with Crippen molar-refractivity contribution in [3.63, 3.8) is 0 Å². The first-order chi connectivity index (χ1) is 11.3. The average Bonchev–Trinajstić information content (AvgIpc) is 2.55. The lowest BCUT2D eigenvalue weighted by atomic mass is 9.92. The lowest BCUT2D eigenvalue weighted by Crippen LogP contribution is -2.48. The summed E-state index contributed by atoms with van der Waals surface area (Å²) in [5.74, 6) is -0.368. The number of benzene rings is 2. The lowest BCUT2D eigenvalue weighted by Gasteiger charge is -2.24. The van der Waals surface area contributed by atoms with Gasteiger partial charge < -0.3 is 15.8 Å². The number of amides is 1. The van der Waals surface area contributed by atoms with Crippen LogP contribution in [0.4, 0.5) is 8.78 Å². The van der Waals surface area contributed by atoms with E-state index in [-0.39, 0.29) is 24.7 Å². The van der Waals surface area contributed by atoms with Crippen molar-refractivity contribution < 1.29 is 18.3 Å². The standard InChI is InChI=1S/C18H20F2N2O2.ClH/c1-12-8-9-15(24-17(19)20)13(10-12)11-22-16(23)18(2,21)14-6-4-3-5-7-14;/h3-10,17H,11,21H2,1-2H3,(H,22,23);1H. The molecule has 0 radical (unpaired) electrons. The van der Waals surface area contributed by atoms with Gasteiger partial charge in [0.25, 0.3) is 0 Å². The zero-order valence-electron chi connectivity index (χ0n) is 14.0. The summed E-state index contributed by atoms with van der Waals surface area (Å²) in [6.07, 6.45) is 0. The number of hydrogen-bond donors (Lipinski definition) is 2. The smallest absolute Gasteiger partial charge is 0.387 e. The van der Waals surface area contributed by atoms with Crippen molar-refractivity contribution in [3.05, 3.63) is 65.2 Å². The number of nitrogens with two attached hydrogens (primary N) is 1. The molecule has 25 heavy (non-hydrogen) atoms. The molecule has 0 heterocycles. The maximum Gasteiger partial charge on any atom is 0.387 e. The van der Waals surface area contributed by atoms with Gasteiger partial charge >= 0.3 is 6.61 Å². The van der Waals surface area contributed by atoms with Crippen LogP contribution in [-0.2, 0) is 16.9 Å². The van der Waals surface area contributed by atoms with Crippen molar-refractivity contribution in [1.29, 1.82) is 0 Å². The van der Waals surface area contributed by atoms with Gasteiger partial charge in [-0.25, -0.2) is 0 Å². The van der Waals surface area contributed by atoms with Crippen LogP contribution in [0, 0.1) is 6.92 Å². The van der Waals surface area contributed by atoms with E-state index >= 15 is 0 Å². The Labute approximate surface area is 151 Å². The Morgan fingerprint density at radius 3 is 2.48 bits per heavy atom. The topological polar surface area (TPSA) is 64.3 Å². The normalized spacial score (nSPS) is 12.9. The molecule has 2 aromatic rings. The zero-order chi connectivity index (χ0) is 17.7. The largest absolute Gasteiger partial charge is 0.434 e. The van der Waals surface area contributed by atoms with E-state index < -0.39 is 18.1 Å². The minimum atomic E-state index is -2.92. The van der Waals surface area contributed by atoms with Crippen LogP contribution in [-0.4, -0.2) is 12.5 Å². The van der Waals surface area contributed by atoms with Gasteiger partial charge in [0.2, 0.25) is 5.91 Å². The van der Waals surface area contributed by atoms with E-state index in [9.17, 15) is 13.6 Å². The van der Waals surface area contributed by atoms with Crippen molar-refractivity contribution in [1.82, 2.24) is 5.32 Å². The third-order valence-electron chi connectivity index (χ3n) is 3.72. The average molecular weight is 371 g/mol. The summed E-state index contributed by atoms with van der Waals surface area (Å²) < 4.78 is 29.4. The van der Waals surface area contributed by atoms with Crippen molar-refractivity contribution in [2.45, 2.75) is 32.5 Å². The second-order valence-corrected chi connectivity index (χ2v) is 5.74. The summed E-state index contributed by atoms with van der Waals surface area (Å²) in [4.78, 5) is 12.4. The Kier molecular flexibility index (Phi) is 7.33. The number of carbonyl (C=O) groups excluding carboxylic acids is 1. The Balaban J connectivity index is 0.00000312. The van der Waals surface area contributed by atoms with E-state index in [2.05, 4.69) is 10.1 Å². The second-order valence-electron chi connectivity index (χ2n) is 5.74. The summed E-state index contributed by atoms with van der Waals surface area (Å²) in [6, 6.07) is 13.8. The van der Waals surface area contributed by atoms with Gasteiger partial charge in [-0.1, -0.05) is 48.0 Å². The summed E-state index contributed by atoms with van der Waals surface area (Å²) in [5.41, 5.74) is 6.91. The summed E-state index contributed by atoms with van der Waals surface area (Å²) in [5, 5.41) is 2.69. The predicted molar refractivity (Wildman–Crippen MR) is 94.9 cm³/mol. The van der Waals surface area contributed by atoms with Crippen LogP contribution in [0.5, 0.6) is 5.75 Å². The molecule has 2 aromatic carbocycles. The van der Waals surface area contributed by atoms with E-state index in [4.69, 9.17) is 5.73 Å². The second kappa shape index (κ2) is 8.78. The minimum absolute atomic E-state index is 0. The van der Waals surface area contributed by atoms with Gasteiger partial charge in [-0.2, -0.15) is 8.78 Å². The molecule has 0 aliphatic rings. The Bertz CT molecular complexity index is 709. The fourth-order valence-corrected chi connectivity index (χ4v) is 2.33. The lowest BCUT2D eigenvalue weighted by molar-refractivity contribution is -0.126. The highest BCUT2D eigenvalue weighted by Gasteiger charge is 2.30. The summed E-state index contributed by atoms with van der Waals surface area (Å²) in [7, 11) is 0. The molecule has 1 atom stereocenters. The molecule has 136 valence electrons. The molecule has 4 nitrogen and oxygen atoms in total. The maximum absolute atomic E-state index is 12.5. The number of ether oxygens (including phenoxy) is 1. The van der Waals surface area contributed by atoms with Crippen LogP contribution >= 0.6 is 12.4 Å². The molecule has 0 aliphatic carbocycles. The highest BCUT2D eigenvalue weighted by atomic mass is 35.5. The molecule has 0 bridgehead atoms. The molecule has 0 fully saturated rings. The molecule has 1 unspecified atom stereocenters. The van der Waals surface area contributed by atoms with Crippen molar-refractivity contribution >= 4 is 18.3 Å². The van der Waals surface area contributed by atoms with Crippen LogP contribution in [0.25, 0.3) is 0 Å². The Hall–Kier alpha value is -2.18. The van der Waals surface area contributed by atoms with Crippen molar-refractivity contribution in [2.75, 3.05) is 0 Å². The number of rotatable bonds is 6. The SMILES string of the molecule is Cc1ccc(OC(F)F)c(CNC(=O)C(C)(N)c2ccccc2)c1.Cl. The van der Waals surface area contributed by atoms with Gasteiger partial charge in [-0.15, -0.1) is 12.4 Å². The van der Waals surface area contributed by atoms with E-state index in [1.165, 1.54) is 6.07 Å². The highest BCUT2D eigenvalue weighted by Crippen LogP contribution is 2.23. The molecule has 0 aliphatic heterocycles. The van der Waals surface area contributed by atoms with Crippen molar-refractivity contribution in [2.24, 2.45) is 5.73 Å². The first-order valence-electron chi connectivity index (χ1n) is 7.47. The predicted octanol–water partition coefficient (Wildman–Crippen LogP) is 3.51. The molecule has 3 N–H and O–H groups in total. The number of nitrogens with one attached hydrogen (secondary N) is 1. The molecular weight excluding hydrogens is 350 g/mol. The van der Waals surface area contributed by atoms with Gasteiger partial charge in [0, 0.05) is 12.1 Å². The minimum Gasteiger partial charge on any atom is -0.434 e. The quantitative estimate of drug-likeness (QED) is 0.817. The van der Waals surface area contributed by atoms with Crippen LogP contribution in [0.2, 0.25) is 0 Å². The number of alkyl halides is 2. The van der Waals surface area contributed by atoms with E-state index in [1.54, 1.807) is 43.3 Å². The summed E-state index contributed by atoms with van der Waals surface area (Å²) in [6.45, 7) is 0.549. The van der Waals surface area contributed by atoms with Gasteiger partial charge in [0.05, 0.1) is 0 Å². The van der Waals surface area contributed by atoms with Gasteiger partial charge in [0.15, 0.2) is 0 Å². The third-order valence-corrected chi connectivity index (χ3v) is 3.72. The molecule has 0 spiro atoms. The molecule has 2 rings (SSSR count). The van der Waals surface area contributed by atoms with Gasteiger partial charge in [-0.05, 0) is 25.5 Å². The van der Waals surface area contributed by atoms with E-state index in [0.29, 0.717) is 11.1 Å². The van der Waals surface area contributed by atoms with E-state index in [0.717, 1.165) is 5.56 Å². The highest BCUT2D eigenvalue weighted by molar-refractivity contribution is 5.87. The first kappa shape index (κ1) is 20.9. The third kappa shape index (κ3) is 5.41. The summed E-state index contributed by atoms with van der Waals surface area (Å²) >= 11 is 0. The molecule has 0 saturated carbocycles. The zero-order valence-corrected chi connectivity index (χ0v) is 14.8.